The minimum absolute atomic E-state index is 0.341. The second-order valence-corrected chi connectivity index (χ2v) is 8.06. The summed E-state index contributed by atoms with van der Waals surface area (Å²) < 4.78 is 0. The Hall–Kier alpha value is -2.13. The summed E-state index contributed by atoms with van der Waals surface area (Å²) in [5.41, 5.74) is 2.22. The molecule has 2 aromatic rings. The number of carbonyl (C=O) groups excluding carboxylic acids is 1. The van der Waals surface area contributed by atoms with Crippen LogP contribution in [0.25, 0.3) is 0 Å². The van der Waals surface area contributed by atoms with Crippen molar-refractivity contribution in [3.05, 3.63) is 71.8 Å². The number of piperidine rings is 2. The van der Waals surface area contributed by atoms with Crippen LogP contribution in [0.2, 0.25) is 0 Å². The zero-order valence-electron chi connectivity index (χ0n) is 16.1. The van der Waals surface area contributed by atoms with Crippen LogP contribution in [0.4, 0.5) is 0 Å². The summed E-state index contributed by atoms with van der Waals surface area (Å²) in [6.07, 6.45) is 5.39. The fourth-order valence-corrected chi connectivity index (χ4v) is 4.72. The first-order valence-electron chi connectivity index (χ1n) is 10.4. The summed E-state index contributed by atoms with van der Waals surface area (Å²) in [5.74, 6) is 0.368. The molecule has 2 heterocycles. The van der Waals surface area contributed by atoms with E-state index in [9.17, 15) is 4.79 Å². The lowest BCUT2D eigenvalue weighted by molar-refractivity contribution is -0.140. The molecule has 2 fully saturated rings. The summed E-state index contributed by atoms with van der Waals surface area (Å²) in [6.45, 7) is 4.79. The molecule has 0 aromatic heterocycles. The highest BCUT2D eigenvalue weighted by Gasteiger charge is 2.45. The topological polar surface area (TPSA) is 23.6 Å². The van der Waals surface area contributed by atoms with Gasteiger partial charge in [-0.05, 0) is 56.3 Å². The normalized spacial score (nSPS) is 20.4. The Morgan fingerprint density at radius 3 is 2.00 bits per heavy atom. The average molecular weight is 363 g/mol. The van der Waals surface area contributed by atoms with E-state index in [1.807, 2.05) is 6.07 Å². The molecule has 1 amide bonds. The van der Waals surface area contributed by atoms with Gasteiger partial charge in [-0.15, -0.1) is 0 Å². The molecule has 2 aromatic carbocycles. The predicted octanol–water partition coefficient (Wildman–Crippen LogP) is 4.23. The Labute approximate surface area is 163 Å². The number of benzene rings is 2. The predicted molar refractivity (Wildman–Crippen MR) is 110 cm³/mol. The van der Waals surface area contributed by atoms with E-state index in [1.165, 1.54) is 17.5 Å². The fraction of sp³-hybridized carbons (Fsp3) is 0.458. The standard InChI is InChI=1S/C24H30N2O/c27-23(26-16-8-3-9-17-26)24(22-12-6-2-7-13-22)14-18-25(19-15-24)20-21-10-4-1-5-11-21/h1-2,4-7,10-13H,3,8-9,14-20H2. The lowest BCUT2D eigenvalue weighted by Gasteiger charge is -2.44. The molecule has 0 atom stereocenters. The molecule has 2 saturated heterocycles. The van der Waals surface area contributed by atoms with Crippen molar-refractivity contribution in [2.45, 2.75) is 44.1 Å². The third-order valence-corrected chi connectivity index (χ3v) is 6.34. The van der Waals surface area contributed by atoms with Crippen molar-refractivity contribution < 1.29 is 4.79 Å². The first kappa shape index (κ1) is 18.2. The second-order valence-electron chi connectivity index (χ2n) is 8.06. The van der Waals surface area contributed by atoms with Crippen LogP contribution in [0, 0.1) is 0 Å². The van der Waals surface area contributed by atoms with Crippen LogP contribution < -0.4 is 0 Å². The molecular formula is C24H30N2O. The van der Waals surface area contributed by atoms with Gasteiger partial charge >= 0.3 is 0 Å². The number of hydrogen-bond acceptors (Lipinski definition) is 2. The Balaban J connectivity index is 1.53. The van der Waals surface area contributed by atoms with E-state index < -0.39 is 0 Å². The molecule has 3 heteroatoms. The van der Waals surface area contributed by atoms with Crippen LogP contribution >= 0.6 is 0 Å². The minimum Gasteiger partial charge on any atom is -0.342 e. The summed E-state index contributed by atoms with van der Waals surface area (Å²) in [7, 11) is 0. The third kappa shape index (κ3) is 3.93. The molecule has 27 heavy (non-hydrogen) atoms. The van der Waals surface area contributed by atoms with Crippen LogP contribution in [0.1, 0.15) is 43.2 Å². The zero-order valence-corrected chi connectivity index (χ0v) is 16.1. The highest BCUT2D eigenvalue weighted by atomic mass is 16.2. The smallest absolute Gasteiger partial charge is 0.233 e. The number of carbonyl (C=O) groups is 1. The Morgan fingerprint density at radius 1 is 0.778 bits per heavy atom. The van der Waals surface area contributed by atoms with Crippen molar-refractivity contribution in [2.75, 3.05) is 26.2 Å². The number of likely N-dealkylation sites (tertiary alicyclic amines) is 2. The van der Waals surface area contributed by atoms with Gasteiger partial charge in [0, 0.05) is 19.6 Å². The van der Waals surface area contributed by atoms with Crippen molar-refractivity contribution in [3.63, 3.8) is 0 Å². The van der Waals surface area contributed by atoms with E-state index >= 15 is 0 Å². The van der Waals surface area contributed by atoms with Gasteiger partial charge in [-0.2, -0.15) is 0 Å². The molecule has 0 unspecified atom stereocenters. The first-order valence-corrected chi connectivity index (χ1v) is 10.4. The Kier molecular flexibility index (Phi) is 5.58. The maximum absolute atomic E-state index is 13.6. The molecular weight excluding hydrogens is 332 g/mol. The molecule has 2 aliphatic heterocycles. The molecule has 3 nitrogen and oxygen atoms in total. The quantitative estimate of drug-likeness (QED) is 0.812. The van der Waals surface area contributed by atoms with Crippen LogP contribution in [0.15, 0.2) is 60.7 Å². The van der Waals surface area contributed by atoms with Gasteiger partial charge in [0.1, 0.15) is 0 Å². The van der Waals surface area contributed by atoms with E-state index in [4.69, 9.17) is 0 Å². The van der Waals surface area contributed by atoms with Gasteiger partial charge in [-0.25, -0.2) is 0 Å². The highest BCUT2D eigenvalue weighted by molar-refractivity contribution is 5.88. The zero-order chi connectivity index (χ0) is 18.5. The van der Waals surface area contributed by atoms with Crippen molar-refractivity contribution in [2.24, 2.45) is 0 Å². The highest BCUT2D eigenvalue weighted by Crippen LogP contribution is 2.38. The van der Waals surface area contributed by atoms with Gasteiger partial charge in [0.25, 0.3) is 0 Å². The third-order valence-electron chi connectivity index (χ3n) is 6.34. The Morgan fingerprint density at radius 2 is 1.37 bits per heavy atom. The van der Waals surface area contributed by atoms with Crippen molar-refractivity contribution in [1.82, 2.24) is 9.80 Å². The lowest BCUT2D eigenvalue weighted by atomic mass is 9.71. The number of hydrogen-bond donors (Lipinski definition) is 0. The van der Waals surface area contributed by atoms with Crippen LogP contribution in [0.5, 0.6) is 0 Å². The monoisotopic (exact) mass is 362 g/mol. The number of nitrogens with zero attached hydrogens (tertiary/aromatic N) is 2. The molecule has 0 bridgehead atoms. The summed E-state index contributed by atoms with van der Waals surface area (Å²) in [4.78, 5) is 18.3. The van der Waals surface area contributed by atoms with Gasteiger partial charge in [-0.3, -0.25) is 9.69 Å². The van der Waals surface area contributed by atoms with E-state index in [-0.39, 0.29) is 5.41 Å². The number of rotatable bonds is 4. The molecule has 0 saturated carbocycles. The SMILES string of the molecule is O=C(N1CCCCC1)C1(c2ccccc2)CCN(Cc2ccccc2)CC1. The summed E-state index contributed by atoms with van der Waals surface area (Å²) in [6, 6.07) is 21.2. The van der Waals surface area contributed by atoms with E-state index in [1.54, 1.807) is 0 Å². The van der Waals surface area contributed by atoms with Gasteiger partial charge < -0.3 is 4.90 Å². The summed E-state index contributed by atoms with van der Waals surface area (Å²) >= 11 is 0. The van der Waals surface area contributed by atoms with E-state index in [0.717, 1.165) is 58.4 Å². The molecule has 0 spiro atoms. The molecule has 142 valence electrons. The molecule has 0 radical (unpaired) electrons. The summed E-state index contributed by atoms with van der Waals surface area (Å²) in [5, 5.41) is 0. The molecule has 0 aliphatic carbocycles. The lowest BCUT2D eigenvalue weighted by Crippen LogP contribution is -2.53. The maximum Gasteiger partial charge on any atom is 0.233 e. The molecule has 4 rings (SSSR count). The molecule has 2 aliphatic rings. The van der Waals surface area contributed by atoms with Crippen molar-refractivity contribution in [3.8, 4) is 0 Å². The first-order chi connectivity index (χ1) is 13.3. The van der Waals surface area contributed by atoms with Gasteiger partial charge in [0.2, 0.25) is 5.91 Å². The largest absolute Gasteiger partial charge is 0.342 e. The maximum atomic E-state index is 13.6. The Bertz CT molecular complexity index is 729. The van der Waals surface area contributed by atoms with Gasteiger partial charge in [-0.1, -0.05) is 60.7 Å². The van der Waals surface area contributed by atoms with E-state index in [2.05, 4.69) is 64.4 Å². The van der Waals surface area contributed by atoms with E-state index in [0.29, 0.717) is 5.91 Å². The van der Waals surface area contributed by atoms with Crippen molar-refractivity contribution >= 4 is 5.91 Å². The van der Waals surface area contributed by atoms with Gasteiger partial charge in [0.05, 0.1) is 5.41 Å². The van der Waals surface area contributed by atoms with Crippen LogP contribution in [0.3, 0.4) is 0 Å². The fourth-order valence-electron chi connectivity index (χ4n) is 4.72. The average Bonchev–Trinajstić information content (AvgIpc) is 2.76. The number of amides is 1. The van der Waals surface area contributed by atoms with Crippen molar-refractivity contribution in [1.29, 1.82) is 0 Å². The van der Waals surface area contributed by atoms with Crippen LogP contribution in [-0.4, -0.2) is 41.9 Å². The molecule has 0 N–H and O–H groups in total. The van der Waals surface area contributed by atoms with Crippen LogP contribution in [-0.2, 0) is 16.8 Å². The second kappa shape index (κ2) is 8.26. The minimum atomic E-state index is -0.341. The van der Waals surface area contributed by atoms with Gasteiger partial charge in [0.15, 0.2) is 0 Å².